The van der Waals surface area contributed by atoms with E-state index in [2.05, 4.69) is 32.1 Å². The molecule has 2 aliphatic carbocycles. The fraction of sp³-hybridized carbons (Fsp3) is 0.721. The van der Waals surface area contributed by atoms with Crippen LogP contribution in [0.4, 0.5) is 0 Å². The minimum Gasteiger partial charge on any atom is -0.494 e. The summed E-state index contributed by atoms with van der Waals surface area (Å²) in [5.74, 6) is -0.0268. The molecule has 0 radical (unpaired) electrons. The van der Waals surface area contributed by atoms with E-state index in [1.54, 1.807) is 18.2 Å². The third kappa shape index (κ3) is 15.7. The highest BCUT2D eigenvalue weighted by atomic mass is 35.5. The van der Waals surface area contributed by atoms with Crippen LogP contribution in [0.2, 0.25) is 0 Å². The van der Waals surface area contributed by atoms with E-state index < -0.39 is 12.1 Å². The smallest absolute Gasteiger partial charge is 0.338 e. The molecule has 2 aliphatic rings. The number of aliphatic hydroxyl groups is 2. The second kappa shape index (κ2) is 24.8. The number of halogens is 1. The molecule has 7 nitrogen and oxygen atoms in total. The highest BCUT2D eigenvalue weighted by Gasteiger charge is 2.42. The fourth-order valence-electron chi connectivity index (χ4n) is 7.51. The standard InChI is InChI=1S/C43H67ClO7/c1-3-5-6-7-8-9-10-11-14-17-29-49-35-22-18-21-34(32-35)42(48)51-31-30-50-41(47)26-16-13-12-15-23-36-37(39(45)33-38(36)44)24-19-25-40(46)43(4-2)27-20-28-43/h12,15,18-19,21-22,24,32,36-40,45-46H,3-11,13-14,16-17,20,23,25-31,33H2,1-2H3/b15-12-,24-19+/t36-,37+,38+,39-,40+/m1/s1. The van der Waals surface area contributed by atoms with Crippen molar-refractivity contribution < 1.29 is 34.0 Å². The van der Waals surface area contributed by atoms with Crippen LogP contribution in [0.15, 0.2) is 48.6 Å². The van der Waals surface area contributed by atoms with E-state index in [0.717, 1.165) is 44.9 Å². The van der Waals surface area contributed by atoms with Gasteiger partial charge in [-0.2, -0.15) is 0 Å². The second-order valence-electron chi connectivity index (χ2n) is 14.8. The van der Waals surface area contributed by atoms with Crippen LogP contribution < -0.4 is 4.74 Å². The average Bonchev–Trinajstić information content (AvgIpc) is 3.37. The van der Waals surface area contributed by atoms with Gasteiger partial charge in [0.15, 0.2) is 0 Å². The first-order valence-corrected chi connectivity index (χ1v) is 20.6. The normalized spacial score (nSPS) is 21.9. The predicted molar refractivity (Wildman–Crippen MR) is 206 cm³/mol. The lowest BCUT2D eigenvalue weighted by Crippen LogP contribution is -2.40. The number of ether oxygens (including phenoxy) is 3. The second-order valence-corrected chi connectivity index (χ2v) is 15.4. The van der Waals surface area contributed by atoms with Gasteiger partial charge in [-0.05, 0) is 87.3 Å². The highest BCUT2D eigenvalue weighted by Crippen LogP contribution is 2.48. The molecule has 2 N–H and O–H groups in total. The molecule has 0 amide bonds. The number of benzene rings is 1. The summed E-state index contributed by atoms with van der Waals surface area (Å²) in [5, 5.41) is 21.3. The maximum absolute atomic E-state index is 12.5. The Morgan fingerprint density at radius 3 is 2.31 bits per heavy atom. The molecule has 1 aromatic carbocycles. The minimum atomic E-state index is -0.472. The summed E-state index contributed by atoms with van der Waals surface area (Å²) in [5.41, 5.74) is 0.486. The maximum atomic E-state index is 12.5. The Morgan fingerprint density at radius 2 is 1.63 bits per heavy atom. The first-order chi connectivity index (χ1) is 24.8. The molecule has 0 saturated heterocycles. The molecule has 1 aromatic rings. The molecule has 0 aliphatic heterocycles. The maximum Gasteiger partial charge on any atom is 0.338 e. The van der Waals surface area contributed by atoms with Crippen LogP contribution in [0.25, 0.3) is 0 Å². The fourth-order valence-corrected chi connectivity index (χ4v) is 7.96. The summed E-state index contributed by atoms with van der Waals surface area (Å²) in [6.45, 7) is 5.05. The van der Waals surface area contributed by atoms with Gasteiger partial charge in [0, 0.05) is 17.7 Å². The Labute approximate surface area is 313 Å². The molecule has 8 heteroatoms. The Balaban J connectivity index is 1.22. The lowest BCUT2D eigenvalue weighted by Gasteiger charge is -2.45. The number of unbranched alkanes of at least 4 members (excludes halogenated alkanes) is 10. The van der Waals surface area contributed by atoms with Crippen molar-refractivity contribution in [1.82, 2.24) is 0 Å². The average molecular weight is 731 g/mol. The van der Waals surface area contributed by atoms with Crippen molar-refractivity contribution in [3.8, 4) is 5.75 Å². The van der Waals surface area contributed by atoms with Gasteiger partial charge in [0.25, 0.3) is 0 Å². The zero-order chi connectivity index (χ0) is 36.7. The van der Waals surface area contributed by atoms with Gasteiger partial charge in [0.2, 0.25) is 0 Å². The van der Waals surface area contributed by atoms with Gasteiger partial charge >= 0.3 is 11.9 Å². The summed E-state index contributed by atoms with van der Waals surface area (Å²) in [7, 11) is 0. The Hall–Kier alpha value is -2.35. The first kappa shape index (κ1) is 43.1. The molecule has 0 spiro atoms. The molecule has 0 heterocycles. The van der Waals surface area contributed by atoms with Crippen molar-refractivity contribution >= 4 is 23.5 Å². The number of esters is 2. The van der Waals surface area contributed by atoms with Crippen molar-refractivity contribution in [2.45, 2.75) is 160 Å². The molecule has 0 unspecified atom stereocenters. The Morgan fingerprint density at radius 1 is 0.922 bits per heavy atom. The zero-order valence-electron chi connectivity index (χ0n) is 31.6. The van der Waals surface area contributed by atoms with Gasteiger partial charge in [-0.3, -0.25) is 4.79 Å². The van der Waals surface area contributed by atoms with Crippen LogP contribution >= 0.6 is 11.6 Å². The molecule has 3 rings (SSSR count). The molecule has 51 heavy (non-hydrogen) atoms. The number of hydrogen-bond donors (Lipinski definition) is 2. The molecule has 0 bridgehead atoms. The largest absolute Gasteiger partial charge is 0.494 e. The third-order valence-electron chi connectivity index (χ3n) is 11.1. The predicted octanol–water partition coefficient (Wildman–Crippen LogP) is 10.3. The molecular weight excluding hydrogens is 664 g/mol. The number of aliphatic hydroxyl groups excluding tert-OH is 2. The minimum absolute atomic E-state index is 0.00491. The van der Waals surface area contributed by atoms with Crippen molar-refractivity contribution in [2.24, 2.45) is 17.3 Å². The van der Waals surface area contributed by atoms with Gasteiger partial charge in [0.05, 0.1) is 24.4 Å². The van der Waals surface area contributed by atoms with Gasteiger partial charge in [-0.15, -0.1) is 11.6 Å². The van der Waals surface area contributed by atoms with Crippen molar-refractivity contribution in [2.75, 3.05) is 19.8 Å². The van der Waals surface area contributed by atoms with E-state index in [4.69, 9.17) is 25.8 Å². The monoisotopic (exact) mass is 730 g/mol. The van der Waals surface area contributed by atoms with E-state index in [9.17, 15) is 19.8 Å². The number of carbonyl (C=O) groups is 2. The third-order valence-corrected chi connectivity index (χ3v) is 11.6. The van der Waals surface area contributed by atoms with E-state index in [1.807, 2.05) is 12.1 Å². The first-order valence-electron chi connectivity index (χ1n) is 20.2. The van der Waals surface area contributed by atoms with Gasteiger partial charge < -0.3 is 24.4 Å². The van der Waals surface area contributed by atoms with E-state index >= 15 is 0 Å². The number of carbonyl (C=O) groups excluding carboxylic acids is 2. The number of rotatable bonds is 27. The van der Waals surface area contributed by atoms with Crippen LogP contribution in [-0.2, 0) is 14.3 Å². The SMILES string of the molecule is CCCCCCCCCCCCOc1cccc(C(=O)OCCOC(=O)CCC/C=C\C[C@@H]2[C@H](/C=C/C[C@H](O)C3(CC)CCC3)[C@H](O)C[C@@H]2Cl)c1. The van der Waals surface area contributed by atoms with Gasteiger partial charge in [-0.1, -0.05) is 108 Å². The van der Waals surface area contributed by atoms with E-state index in [1.165, 1.54) is 57.8 Å². The lowest BCUT2D eigenvalue weighted by molar-refractivity contribution is -0.144. The molecular formula is C43H67ClO7. The molecule has 2 fully saturated rings. The molecule has 0 aromatic heterocycles. The van der Waals surface area contributed by atoms with Crippen molar-refractivity contribution in [1.29, 1.82) is 0 Å². The van der Waals surface area contributed by atoms with Crippen LogP contribution in [0.3, 0.4) is 0 Å². The molecule has 2 saturated carbocycles. The summed E-state index contributed by atoms with van der Waals surface area (Å²) >= 11 is 6.62. The van der Waals surface area contributed by atoms with E-state index in [0.29, 0.717) is 37.2 Å². The lowest BCUT2D eigenvalue weighted by atomic mass is 9.63. The van der Waals surface area contributed by atoms with Gasteiger partial charge in [0.1, 0.15) is 19.0 Å². The Kier molecular flexibility index (Phi) is 20.9. The topological polar surface area (TPSA) is 102 Å². The Bertz CT molecular complexity index is 1170. The number of hydrogen-bond acceptors (Lipinski definition) is 7. The highest BCUT2D eigenvalue weighted by molar-refractivity contribution is 6.21. The van der Waals surface area contributed by atoms with Gasteiger partial charge in [-0.25, -0.2) is 4.79 Å². The molecule has 288 valence electrons. The van der Waals surface area contributed by atoms with Crippen molar-refractivity contribution in [3.63, 3.8) is 0 Å². The van der Waals surface area contributed by atoms with Crippen LogP contribution in [0, 0.1) is 17.3 Å². The quantitative estimate of drug-likeness (QED) is 0.0402. The zero-order valence-corrected chi connectivity index (χ0v) is 32.3. The van der Waals surface area contributed by atoms with Crippen LogP contribution in [0.1, 0.15) is 153 Å². The van der Waals surface area contributed by atoms with Crippen molar-refractivity contribution in [3.05, 3.63) is 54.1 Å². The van der Waals surface area contributed by atoms with Crippen LogP contribution in [0.5, 0.6) is 5.75 Å². The summed E-state index contributed by atoms with van der Waals surface area (Å²) in [4.78, 5) is 24.7. The summed E-state index contributed by atoms with van der Waals surface area (Å²) in [6.07, 6.45) is 28.2. The number of alkyl halides is 1. The molecule has 5 atom stereocenters. The summed E-state index contributed by atoms with van der Waals surface area (Å²) < 4.78 is 16.4. The van der Waals surface area contributed by atoms with Crippen LogP contribution in [-0.4, -0.2) is 59.6 Å². The summed E-state index contributed by atoms with van der Waals surface area (Å²) in [6, 6.07) is 7.01. The number of allylic oxidation sites excluding steroid dienone is 2. The van der Waals surface area contributed by atoms with E-state index in [-0.39, 0.29) is 54.3 Å².